The molecule has 204 valence electrons. The first-order valence-electron chi connectivity index (χ1n) is 13.1. The summed E-state index contributed by atoms with van der Waals surface area (Å²) in [4.78, 5) is 19.5. The average molecular weight is 544 g/mol. The molecule has 3 aromatic rings. The first-order valence-corrected chi connectivity index (χ1v) is 13.4. The minimum absolute atomic E-state index is 0.220. The molecule has 1 aliphatic rings. The summed E-state index contributed by atoms with van der Waals surface area (Å²) in [6.45, 7) is 2.38. The number of fused-ring (bicyclic) bond motifs is 1. The molecule has 7 nitrogen and oxygen atoms in total. The number of ether oxygens (including phenoxy) is 1. The Morgan fingerprint density at radius 1 is 1.21 bits per heavy atom. The zero-order valence-electron chi connectivity index (χ0n) is 21.6. The van der Waals surface area contributed by atoms with E-state index in [1.165, 1.54) is 18.3 Å². The highest BCUT2D eigenvalue weighted by Gasteiger charge is 2.41. The molecule has 0 spiro atoms. The molecule has 3 N–H and O–H groups in total. The van der Waals surface area contributed by atoms with Gasteiger partial charge in [-0.15, -0.1) is 0 Å². The lowest BCUT2D eigenvalue weighted by Crippen LogP contribution is -2.48. The number of methoxy groups -OCH3 is 1. The number of hydrogen-bond donors (Lipinski definition) is 3. The van der Waals surface area contributed by atoms with Gasteiger partial charge in [-0.2, -0.15) is 0 Å². The van der Waals surface area contributed by atoms with Crippen molar-refractivity contribution in [3.05, 3.63) is 70.6 Å². The van der Waals surface area contributed by atoms with Crippen molar-refractivity contribution in [3.63, 3.8) is 0 Å². The number of aryl methyl sites for hydroxylation is 1. The number of nitrogens with zero attached hydrogens (tertiary/aromatic N) is 2. The van der Waals surface area contributed by atoms with Crippen molar-refractivity contribution >= 4 is 28.4 Å². The summed E-state index contributed by atoms with van der Waals surface area (Å²) in [5, 5.41) is 21.8. The predicted octanol–water partition coefficient (Wildman–Crippen LogP) is 5.46. The molecule has 1 amide bonds. The number of nitrogens with one attached hydrogen (secondary N) is 1. The number of carbonyl (C=O) groups excluding carboxylic acids is 1. The first-order chi connectivity index (χ1) is 18.3. The van der Waals surface area contributed by atoms with Crippen molar-refractivity contribution in [2.75, 3.05) is 26.7 Å². The largest absolute Gasteiger partial charge is 0.497 e. The van der Waals surface area contributed by atoms with E-state index in [4.69, 9.17) is 16.3 Å². The van der Waals surface area contributed by atoms with Crippen LogP contribution in [0.25, 0.3) is 10.9 Å². The van der Waals surface area contributed by atoms with Gasteiger partial charge in [-0.3, -0.25) is 15.0 Å². The summed E-state index contributed by atoms with van der Waals surface area (Å²) in [6, 6.07) is 12.1. The molecule has 1 atom stereocenters. The van der Waals surface area contributed by atoms with Gasteiger partial charge in [-0.05, 0) is 100 Å². The van der Waals surface area contributed by atoms with Crippen molar-refractivity contribution in [1.29, 1.82) is 0 Å². The molecule has 4 rings (SSSR count). The van der Waals surface area contributed by atoms with E-state index in [0.29, 0.717) is 52.9 Å². The van der Waals surface area contributed by atoms with Crippen molar-refractivity contribution in [3.8, 4) is 5.75 Å². The average Bonchev–Trinajstić information content (AvgIpc) is 2.94. The quantitative estimate of drug-likeness (QED) is 0.169. The zero-order chi connectivity index (χ0) is 27.1. The van der Waals surface area contributed by atoms with Gasteiger partial charge in [-0.25, -0.2) is 9.87 Å². The van der Waals surface area contributed by atoms with Crippen LogP contribution in [-0.4, -0.2) is 52.8 Å². The number of aliphatic hydroxyl groups excluding tert-OH is 1. The summed E-state index contributed by atoms with van der Waals surface area (Å²) in [5.41, 5.74) is 3.48. The van der Waals surface area contributed by atoms with E-state index >= 15 is 0 Å². The highest BCUT2D eigenvalue weighted by atomic mass is 35.5. The SMILES string of the molecule is COc1ccc2ncc(Cl)c(C(O)CCC3(C(=O)NO)CCN(CCCCc4ccc(F)cc4)CC3)c2c1. The molecule has 0 aliphatic carbocycles. The van der Waals surface area contributed by atoms with Crippen LogP contribution in [0.15, 0.2) is 48.7 Å². The van der Waals surface area contributed by atoms with Crippen molar-refractivity contribution in [2.45, 2.75) is 51.0 Å². The van der Waals surface area contributed by atoms with E-state index in [0.717, 1.165) is 44.5 Å². The Hall–Kier alpha value is -2.78. The Balaban J connectivity index is 1.35. The second kappa shape index (κ2) is 12.8. The van der Waals surface area contributed by atoms with Crippen LogP contribution in [-0.2, 0) is 11.2 Å². The Morgan fingerprint density at radius 3 is 2.63 bits per heavy atom. The summed E-state index contributed by atoms with van der Waals surface area (Å²) >= 11 is 6.46. The maximum Gasteiger partial charge on any atom is 0.249 e. The maximum absolute atomic E-state index is 13.1. The van der Waals surface area contributed by atoms with Crippen molar-refractivity contribution in [2.24, 2.45) is 5.41 Å². The summed E-state index contributed by atoms with van der Waals surface area (Å²) < 4.78 is 18.4. The maximum atomic E-state index is 13.1. The molecule has 9 heteroatoms. The van der Waals surface area contributed by atoms with Crippen molar-refractivity contribution in [1.82, 2.24) is 15.4 Å². The number of halogens is 2. The van der Waals surface area contributed by atoms with Crippen molar-refractivity contribution < 1.29 is 24.2 Å². The number of aromatic nitrogens is 1. The van der Waals surface area contributed by atoms with Gasteiger partial charge in [-0.1, -0.05) is 23.7 Å². The summed E-state index contributed by atoms with van der Waals surface area (Å²) in [6.07, 6.45) is 5.41. The first kappa shape index (κ1) is 28.2. The van der Waals surface area contributed by atoms with Gasteiger partial charge in [0.2, 0.25) is 5.91 Å². The fourth-order valence-electron chi connectivity index (χ4n) is 5.42. The molecule has 2 heterocycles. The number of aliphatic hydroxyl groups is 1. The van der Waals surface area contributed by atoms with E-state index in [1.54, 1.807) is 19.2 Å². The van der Waals surface area contributed by atoms with Gasteiger partial charge in [0.25, 0.3) is 0 Å². The lowest BCUT2D eigenvalue weighted by atomic mass is 9.73. The number of piperidine rings is 1. The van der Waals surface area contributed by atoms with Gasteiger partial charge in [0.15, 0.2) is 0 Å². The molecule has 1 saturated heterocycles. The fraction of sp³-hybridized carbons (Fsp3) is 0.448. The molecule has 2 aromatic carbocycles. The van der Waals surface area contributed by atoms with E-state index < -0.39 is 17.4 Å². The number of pyridine rings is 1. The third kappa shape index (κ3) is 6.61. The van der Waals surface area contributed by atoms with E-state index in [2.05, 4.69) is 9.88 Å². The van der Waals surface area contributed by atoms with Gasteiger partial charge in [0, 0.05) is 17.1 Å². The van der Waals surface area contributed by atoms with Gasteiger partial charge >= 0.3 is 0 Å². The van der Waals surface area contributed by atoms with Crippen LogP contribution < -0.4 is 10.2 Å². The molecule has 1 aromatic heterocycles. The number of rotatable bonds is 11. The predicted molar refractivity (Wildman–Crippen MR) is 145 cm³/mol. The number of amides is 1. The van der Waals surface area contributed by atoms with Gasteiger partial charge in [0.1, 0.15) is 11.6 Å². The molecule has 1 fully saturated rings. The van der Waals surface area contributed by atoms with E-state index in [9.17, 15) is 19.5 Å². The second-order valence-corrected chi connectivity index (χ2v) is 10.5. The highest BCUT2D eigenvalue weighted by Crippen LogP contribution is 2.41. The molecule has 0 radical (unpaired) electrons. The molecular formula is C29H35ClFN3O4. The third-order valence-electron chi connectivity index (χ3n) is 7.80. The number of unbranched alkanes of at least 4 members (excludes halogenated alkanes) is 1. The molecule has 38 heavy (non-hydrogen) atoms. The number of hydroxylamine groups is 1. The lowest BCUT2D eigenvalue weighted by molar-refractivity contribution is -0.143. The minimum Gasteiger partial charge on any atom is -0.497 e. The molecule has 1 unspecified atom stereocenters. The Labute approximate surface area is 227 Å². The Bertz CT molecular complexity index is 1230. The second-order valence-electron chi connectivity index (χ2n) is 10.1. The molecule has 0 saturated carbocycles. The van der Waals surface area contributed by atoms with Crippen LogP contribution >= 0.6 is 11.6 Å². The standard InChI is InChI=1S/C29H35ClFN3O4/c1-38-22-9-10-25-23(18-22)27(24(30)19-32-25)26(35)11-12-29(28(36)33-37)13-16-34(17-14-29)15-3-2-4-20-5-7-21(31)8-6-20/h5-10,18-19,26,35,37H,2-4,11-17H2,1H3,(H,33,36). The van der Waals surface area contributed by atoms with Crippen LogP contribution in [0, 0.1) is 11.2 Å². The highest BCUT2D eigenvalue weighted by molar-refractivity contribution is 6.32. The minimum atomic E-state index is -0.909. The van der Waals surface area contributed by atoms with E-state index in [-0.39, 0.29) is 5.82 Å². The van der Waals surface area contributed by atoms with Crippen LogP contribution in [0.1, 0.15) is 55.8 Å². The van der Waals surface area contributed by atoms with Crippen LogP contribution in [0.3, 0.4) is 0 Å². The number of carbonyl (C=O) groups is 1. The van der Waals surface area contributed by atoms with Gasteiger partial charge < -0.3 is 14.7 Å². The lowest BCUT2D eigenvalue weighted by Gasteiger charge is -2.40. The number of benzene rings is 2. The molecular weight excluding hydrogens is 509 g/mol. The normalized spacial score (nSPS) is 16.3. The van der Waals surface area contributed by atoms with Crippen LogP contribution in [0.4, 0.5) is 4.39 Å². The van der Waals surface area contributed by atoms with Crippen LogP contribution in [0.2, 0.25) is 5.02 Å². The molecule has 0 bridgehead atoms. The third-order valence-corrected chi connectivity index (χ3v) is 8.10. The van der Waals surface area contributed by atoms with E-state index in [1.807, 2.05) is 23.7 Å². The summed E-state index contributed by atoms with van der Waals surface area (Å²) in [5.74, 6) is 0.00615. The Morgan fingerprint density at radius 2 is 1.95 bits per heavy atom. The Kier molecular flexibility index (Phi) is 9.54. The monoisotopic (exact) mass is 543 g/mol. The van der Waals surface area contributed by atoms with Gasteiger partial charge in [0.05, 0.1) is 29.2 Å². The smallest absolute Gasteiger partial charge is 0.249 e. The number of hydrogen-bond acceptors (Lipinski definition) is 6. The summed E-state index contributed by atoms with van der Waals surface area (Å²) in [7, 11) is 1.57. The number of likely N-dealkylation sites (tertiary alicyclic amines) is 1. The topological polar surface area (TPSA) is 94.9 Å². The zero-order valence-corrected chi connectivity index (χ0v) is 22.4. The molecule has 1 aliphatic heterocycles. The fourth-order valence-corrected chi connectivity index (χ4v) is 5.70. The van der Waals surface area contributed by atoms with Crippen LogP contribution in [0.5, 0.6) is 5.75 Å².